The van der Waals surface area contributed by atoms with Gasteiger partial charge in [-0.1, -0.05) is 6.07 Å². The molecule has 0 aliphatic rings. The van der Waals surface area contributed by atoms with Crippen LogP contribution in [0.5, 0.6) is 0 Å². The SMILES string of the molecule is Nc1cc(C(F)(F)F)ccc1/C=C/C(=O)O. The minimum Gasteiger partial charge on any atom is -0.478 e. The summed E-state index contributed by atoms with van der Waals surface area (Å²) in [5.41, 5.74) is 4.61. The standard InChI is InChI=1S/C10H8F3NO2/c11-10(12,13)7-3-1-6(8(14)5-7)2-4-9(15)16/h1-5H,14H2,(H,15,16)/b4-2+. The van der Waals surface area contributed by atoms with Crippen molar-refractivity contribution in [1.82, 2.24) is 0 Å². The Balaban J connectivity index is 3.05. The lowest BCUT2D eigenvalue weighted by atomic mass is 10.1. The summed E-state index contributed by atoms with van der Waals surface area (Å²) in [5.74, 6) is -1.20. The van der Waals surface area contributed by atoms with Crippen molar-refractivity contribution in [1.29, 1.82) is 0 Å². The van der Waals surface area contributed by atoms with Crippen LogP contribution in [-0.2, 0) is 11.0 Å². The van der Waals surface area contributed by atoms with Gasteiger partial charge in [0, 0.05) is 11.8 Å². The number of rotatable bonds is 2. The highest BCUT2D eigenvalue weighted by molar-refractivity contribution is 5.86. The number of aliphatic carboxylic acids is 1. The molecule has 1 aromatic rings. The fourth-order valence-electron chi connectivity index (χ4n) is 1.06. The number of carboxylic acids is 1. The number of benzene rings is 1. The highest BCUT2D eigenvalue weighted by Gasteiger charge is 2.30. The Hall–Kier alpha value is -1.98. The first-order valence-electron chi connectivity index (χ1n) is 4.18. The first kappa shape index (κ1) is 12.1. The van der Waals surface area contributed by atoms with Crippen molar-refractivity contribution in [2.24, 2.45) is 0 Å². The highest BCUT2D eigenvalue weighted by Crippen LogP contribution is 2.31. The molecule has 0 aliphatic heterocycles. The van der Waals surface area contributed by atoms with Crippen LogP contribution >= 0.6 is 0 Å². The second kappa shape index (κ2) is 4.26. The first-order valence-corrected chi connectivity index (χ1v) is 4.18. The third-order valence-corrected chi connectivity index (χ3v) is 1.82. The van der Waals surface area contributed by atoms with E-state index in [0.717, 1.165) is 30.4 Å². The van der Waals surface area contributed by atoms with Gasteiger partial charge in [-0.3, -0.25) is 0 Å². The number of carboxylic acid groups (broad SMARTS) is 1. The molecule has 16 heavy (non-hydrogen) atoms. The Morgan fingerprint density at radius 1 is 1.38 bits per heavy atom. The molecule has 0 fully saturated rings. The van der Waals surface area contributed by atoms with Crippen molar-refractivity contribution in [3.05, 3.63) is 35.4 Å². The molecular weight excluding hydrogens is 223 g/mol. The van der Waals surface area contributed by atoms with Crippen LogP contribution in [0.2, 0.25) is 0 Å². The van der Waals surface area contributed by atoms with Crippen molar-refractivity contribution in [3.63, 3.8) is 0 Å². The van der Waals surface area contributed by atoms with Crippen molar-refractivity contribution >= 4 is 17.7 Å². The van der Waals surface area contributed by atoms with Crippen LogP contribution in [0.3, 0.4) is 0 Å². The van der Waals surface area contributed by atoms with Crippen molar-refractivity contribution in [3.8, 4) is 0 Å². The predicted molar refractivity (Wildman–Crippen MR) is 52.5 cm³/mol. The van der Waals surface area contributed by atoms with E-state index >= 15 is 0 Å². The molecule has 1 rings (SSSR count). The van der Waals surface area contributed by atoms with E-state index in [4.69, 9.17) is 10.8 Å². The van der Waals surface area contributed by atoms with Crippen LogP contribution in [0.25, 0.3) is 6.08 Å². The van der Waals surface area contributed by atoms with Crippen LogP contribution in [0.4, 0.5) is 18.9 Å². The van der Waals surface area contributed by atoms with Crippen molar-refractivity contribution < 1.29 is 23.1 Å². The van der Waals surface area contributed by atoms with Gasteiger partial charge in [0.1, 0.15) is 0 Å². The zero-order chi connectivity index (χ0) is 12.3. The molecule has 0 aliphatic carbocycles. The summed E-state index contributed by atoms with van der Waals surface area (Å²) in [6.45, 7) is 0. The van der Waals surface area contributed by atoms with Crippen molar-refractivity contribution in [2.75, 3.05) is 5.73 Å². The molecule has 0 amide bonds. The maximum absolute atomic E-state index is 12.2. The number of hydrogen-bond donors (Lipinski definition) is 2. The summed E-state index contributed by atoms with van der Waals surface area (Å²) in [5, 5.41) is 8.34. The van der Waals surface area contributed by atoms with E-state index in [2.05, 4.69) is 0 Å². The molecule has 0 aromatic heterocycles. The van der Waals surface area contributed by atoms with Crippen LogP contribution < -0.4 is 5.73 Å². The Morgan fingerprint density at radius 2 is 2.00 bits per heavy atom. The maximum Gasteiger partial charge on any atom is 0.416 e. The lowest BCUT2D eigenvalue weighted by Crippen LogP contribution is -2.06. The lowest BCUT2D eigenvalue weighted by Gasteiger charge is -2.08. The molecule has 0 heterocycles. The van der Waals surface area contributed by atoms with Crippen LogP contribution in [0, 0.1) is 0 Å². The Morgan fingerprint density at radius 3 is 2.44 bits per heavy atom. The largest absolute Gasteiger partial charge is 0.478 e. The van der Waals surface area contributed by atoms with E-state index in [0.29, 0.717) is 0 Å². The number of anilines is 1. The molecular formula is C10H8F3NO2. The number of hydrogen-bond acceptors (Lipinski definition) is 2. The van der Waals surface area contributed by atoms with Gasteiger partial charge in [-0.25, -0.2) is 4.79 Å². The monoisotopic (exact) mass is 231 g/mol. The van der Waals surface area contributed by atoms with Gasteiger partial charge in [-0.15, -0.1) is 0 Å². The van der Waals surface area contributed by atoms with E-state index < -0.39 is 17.7 Å². The second-order valence-corrected chi connectivity index (χ2v) is 3.01. The summed E-state index contributed by atoms with van der Waals surface area (Å²) >= 11 is 0. The first-order chi connectivity index (χ1) is 7.30. The van der Waals surface area contributed by atoms with E-state index in [1.807, 2.05) is 0 Å². The Labute approximate surface area is 89.0 Å². The quantitative estimate of drug-likeness (QED) is 0.606. The zero-order valence-electron chi connectivity index (χ0n) is 7.95. The Kier molecular flexibility index (Phi) is 3.22. The summed E-state index contributed by atoms with van der Waals surface area (Å²) in [4.78, 5) is 10.2. The smallest absolute Gasteiger partial charge is 0.416 e. The summed E-state index contributed by atoms with van der Waals surface area (Å²) in [6.07, 6.45) is -2.51. The molecule has 0 unspecified atom stereocenters. The molecule has 0 radical (unpaired) electrons. The number of halogens is 3. The third-order valence-electron chi connectivity index (χ3n) is 1.82. The van der Waals surface area contributed by atoms with Gasteiger partial charge in [-0.2, -0.15) is 13.2 Å². The second-order valence-electron chi connectivity index (χ2n) is 3.01. The molecule has 1 aromatic carbocycles. The maximum atomic E-state index is 12.2. The molecule has 86 valence electrons. The summed E-state index contributed by atoms with van der Waals surface area (Å²) in [7, 11) is 0. The number of nitrogen functional groups attached to an aromatic ring is 1. The highest BCUT2D eigenvalue weighted by atomic mass is 19.4. The van der Waals surface area contributed by atoms with Gasteiger partial charge >= 0.3 is 12.1 Å². The molecule has 3 N–H and O–H groups in total. The van der Waals surface area contributed by atoms with E-state index in [9.17, 15) is 18.0 Å². The van der Waals surface area contributed by atoms with Gasteiger partial charge in [0.15, 0.2) is 0 Å². The van der Waals surface area contributed by atoms with Gasteiger partial charge in [0.25, 0.3) is 0 Å². The normalized spacial score (nSPS) is 11.9. The van der Waals surface area contributed by atoms with Crippen molar-refractivity contribution in [2.45, 2.75) is 6.18 Å². The molecule has 0 saturated heterocycles. The van der Waals surface area contributed by atoms with E-state index in [1.54, 1.807) is 0 Å². The fraction of sp³-hybridized carbons (Fsp3) is 0.100. The molecule has 0 bridgehead atoms. The third kappa shape index (κ3) is 3.01. The van der Waals surface area contributed by atoms with Crippen LogP contribution in [0.15, 0.2) is 24.3 Å². The predicted octanol–water partition coefficient (Wildman–Crippen LogP) is 2.39. The van der Waals surface area contributed by atoms with Crippen LogP contribution in [0.1, 0.15) is 11.1 Å². The average Bonchev–Trinajstić information content (AvgIpc) is 2.14. The van der Waals surface area contributed by atoms with E-state index in [1.165, 1.54) is 0 Å². The summed E-state index contributed by atoms with van der Waals surface area (Å²) < 4.78 is 36.7. The number of alkyl halides is 3. The summed E-state index contributed by atoms with van der Waals surface area (Å²) in [6, 6.07) is 2.73. The molecule has 0 atom stereocenters. The minimum atomic E-state index is -4.46. The fourth-order valence-corrected chi connectivity index (χ4v) is 1.06. The van der Waals surface area contributed by atoms with Gasteiger partial charge < -0.3 is 10.8 Å². The Bertz CT molecular complexity index is 438. The van der Waals surface area contributed by atoms with Gasteiger partial charge in [0.05, 0.1) is 5.56 Å². The molecule has 6 heteroatoms. The molecule has 0 spiro atoms. The number of nitrogens with two attached hydrogens (primary N) is 1. The zero-order valence-corrected chi connectivity index (χ0v) is 7.95. The number of carbonyl (C=O) groups is 1. The van der Waals surface area contributed by atoms with E-state index in [-0.39, 0.29) is 11.3 Å². The topological polar surface area (TPSA) is 63.3 Å². The molecule has 0 saturated carbocycles. The average molecular weight is 231 g/mol. The van der Waals surface area contributed by atoms with Crippen LogP contribution in [-0.4, -0.2) is 11.1 Å². The molecule has 3 nitrogen and oxygen atoms in total. The minimum absolute atomic E-state index is 0.118. The van der Waals surface area contributed by atoms with Gasteiger partial charge in [-0.05, 0) is 23.8 Å². The lowest BCUT2D eigenvalue weighted by molar-refractivity contribution is -0.137. The van der Waals surface area contributed by atoms with Gasteiger partial charge in [0.2, 0.25) is 0 Å².